The van der Waals surface area contributed by atoms with Crippen molar-refractivity contribution in [1.29, 1.82) is 0 Å². The Hall–Kier alpha value is -3.83. The van der Waals surface area contributed by atoms with Gasteiger partial charge in [-0.3, -0.25) is 14.6 Å². The highest BCUT2D eigenvalue weighted by molar-refractivity contribution is 5.84. The molecular formula is C25H29N7O4. The minimum atomic E-state index is -1.44. The summed E-state index contributed by atoms with van der Waals surface area (Å²) in [5, 5.41) is 13.3. The van der Waals surface area contributed by atoms with Crippen molar-refractivity contribution in [1.82, 2.24) is 24.8 Å². The van der Waals surface area contributed by atoms with E-state index in [9.17, 15) is 14.7 Å². The molecule has 1 fully saturated rings. The highest BCUT2D eigenvalue weighted by atomic mass is 16.5. The standard InChI is InChI=1S/C25H29N7O4/c1-25(2,35)23(34)32-10-8-18-19(15-32)28-21(30-22(18)31-11-13-36-14-12-31)16-3-5-17(6-4-16)27-24-26-9-7-20(33)29-24/h3-7,9,35H,8,10-15H2,1-2H3,(H2,26,27,29,33). The molecule has 2 aliphatic heterocycles. The molecule has 0 bridgehead atoms. The first-order valence-electron chi connectivity index (χ1n) is 11.9. The summed E-state index contributed by atoms with van der Waals surface area (Å²) in [7, 11) is 0. The maximum atomic E-state index is 12.8. The Morgan fingerprint density at radius 1 is 1.11 bits per heavy atom. The maximum Gasteiger partial charge on any atom is 0.254 e. The van der Waals surface area contributed by atoms with Gasteiger partial charge in [-0.05, 0) is 44.5 Å². The van der Waals surface area contributed by atoms with E-state index >= 15 is 0 Å². The first-order chi connectivity index (χ1) is 17.3. The van der Waals surface area contributed by atoms with Gasteiger partial charge in [0.05, 0.1) is 25.5 Å². The lowest BCUT2D eigenvalue weighted by Gasteiger charge is -2.35. The van der Waals surface area contributed by atoms with E-state index in [1.807, 2.05) is 24.3 Å². The number of benzene rings is 1. The third kappa shape index (κ3) is 5.07. The summed E-state index contributed by atoms with van der Waals surface area (Å²) in [5.41, 5.74) is 1.72. The van der Waals surface area contributed by atoms with E-state index in [4.69, 9.17) is 14.7 Å². The lowest BCUT2D eigenvalue weighted by atomic mass is 10.0. The van der Waals surface area contributed by atoms with E-state index in [1.165, 1.54) is 26.1 Å². The molecule has 36 heavy (non-hydrogen) atoms. The SMILES string of the molecule is CC(C)(O)C(=O)N1CCc2c(nc(-c3ccc(Nc4nccc(=O)[nH]4)cc3)nc2N2CCOCC2)C1. The molecule has 0 atom stereocenters. The number of carbonyl (C=O) groups excluding carboxylic acids is 1. The smallest absolute Gasteiger partial charge is 0.254 e. The summed E-state index contributed by atoms with van der Waals surface area (Å²) in [6, 6.07) is 8.88. The molecule has 11 nitrogen and oxygen atoms in total. The molecule has 188 valence electrons. The second kappa shape index (κ2) is 9.67. The number of ether oxygens (including phenoxy) is 1. The molecule has 0 aliphatic carbocycles. The van der Waals surface area contributed by atoms with Gasteiger partial charge in [0.15, 0.2) is 5.82 Å². The molecule has 4 heterocycles. The first-order valence-corrected chi connectivity index (χ1v) is 11.9. The summed E-state index contributed by atoms with van der Waals surface area (Å²) < 4.78 is 5.54. The average molecular weight is 492 g/mol. The fourth-order valence-electron chi connectivity index (χ4n) is 4.41. The van der Waals surface area contributed by atoms with Crippen LogP contribution in [0, 0.1) is 0 Å². The van der Waals surface area contributed by atoms with Crippen molar-refractivity contribution < 1.29 is 14.6 Å². The van der Waals surface area contributed by atoms with Crippen molar-refractivity contribution in [3.05, 3.63) is 58.1 Å². The van der Waals surface area contributed by atoms with E-state index in [0.717, 1.165) is 41.4 Å². The number of hydrogen-bond donors (Lipinski definition) is 3. The number of carbonyl (C=O) groups is 1. The summed E-state index contributed by atoms with van der Waals surface area (Å²) in [6.45, 7) is 6.57. The highest BCUT2D eigenvalue weighted by Crippen LogP contribution is 2.31. The van der Waals surface area contributed by atoms with Crippen LogP contribution in [-0.2, 0) is 22.5 Å². The molecule has 1 saturated heterocycles. The Morgan fingerprint density at radius 2 is 1.86 bits per heavy atom. The predicted molar refractivity (Wildman–Crippen MR) is 134 cm³/mol. The van der Waals surface area contributed by atoms with Gasteiger partial charge >= 0.3 is 0 Å². The summed E-state index contributed by atoms with van der Waals surface area (Å²) in [5.74, 6) is 1.48. The Bertz CT molecular complexity index is 1310. The number of hydrogen-bond acceptors (Lipinski definition) is 9. The Balaban J connectivity index is 1.47. The van der Waals surface area contributed by atoms with Crippen LogP contribution in [0.2, 0.25) is 0 Å². The molecule has 1 aromatic carbocycles. The van der Waals surface area contributed by atoms with Crippen molar-refractivity contribution in [2.45, 2.75) is 32.4 Å². The number of H-pyrrole nitrogens is 1. The van der Waals surface area contributed by atoms with E-state index in [1.54, 1.807) is 4.90 Å². The van der Waals surface area contributed by atoms with E-state index in [2.05, 4.69) is 20.2 Å². The van der Waals surface area contributed by atoms with Gasteiger partial charge in [0.25, 0.3) is 11.5 Å². The maximum absolute atomic E-state index is 12.8. The van der Waals surface area contributed by atoms with Crippen LogP contribution < -0.4 is 15.8 Å². The topological polar surface area (TPSA) is 137 Å². The largest absolute Gasteiger partial charge is 0.381 e. The van der Waals surface area contributed by atoms with Gasteiger partial charge in [0, 0.05) is 48.7 Å². The number of nitrogens with one attached hydrogen (secondary N) is 2. The molecule has 11 heteroatoms. The molecular weight excluding hydrogens is 462 g/mol. The van der Waals surface area contributed by atoms with Crippen LogP contribution in [0.4, 0.5) is 17.5 Å². The second-order valence-electron chi connectivity index (χ2n) is 9.42. The van der Waals surface area contributed by atoms with Crippen LogP contribution in [0.15, 0.2) is 41.3 Å². The second-order valence-corrected chi connectivity index (χ2v) is 9.42. The van der Waals surface area contributed by atoms with Crippen LogP contribution in [0.5, 0.6) is 0 Å². The molecule has 0 radical (unpaired) electrons. The van der Waals surface area contributed by atoms with Crippen LogP contribution >= 0.6 is 0 Å². The van der Waals surface area contributed by atoms with Crippen molar-refractivity contribution in [2.24, 2.45) is 0 Å². The monoisotopic (exact) mass is 491 g/mol. The van der Waals surface area contributed by atoms with E-state index < -0.39 is 5.60 Å². The number of fused-ring (bicyclic) bond motifs is 1. The number of nitrogens with zero attached hydrogens (tertiary/aromatic N) is 5. The normalized spacial score (nSPS) is 16.0. The van der Waals surface area contributed by atoms with Gasteiger partial charge in [0.2, 0.25) is 5.95 Å². The third-order valence-corrected chi connectivity index (χ3v) is 6.24. The molecule has 1 amide bonds. The summed E-state index contributed by atoms with van der Waals surface area (Å²) in [4.78, 5) is 44.7. The number of rotatable bonds is 5. The van der Waals surface area contributed by atoms with Crippen molar-refractivity contribution in [3.8, 4) is 11.4 Å². The number of morpholine rings is 1. The zero-order chi connectivity index (χ0) is 25.3. The number of aliphatic hydroxyl groups is 1. The minimum absolute atomic E-state index is 0.237. The molecule has 2 aromatic heterocycles. The van der Waals surface area contributed by atoms with Gasteiger partial charge in [-0.1, -0.05) is 0 Å². The van der Waals surface area contributed by atoms with Crippen LogP contribution in [0.1, 0.15) is 25.1 Å². The Labute approximate surface area is 208 Å². The third-order valence-electron chi connectivity index (χ3n) is 6.24. The average Bonchev–Trinajstić information content (AvgIpc) is 2.87. The fourth-order valence-corrected chi connectivity index (χ4v) is 4.41. The molecule has 3 N–H and O–H groups in total. The van der Waals surface area contributed by atoms with Gasteiger partial charge in [-0.25, -0.2) is 15.0 Å². The molecule has 5 rings (SSSR count). The van der Waals surface area contributed by atoms with Crippen molar-refractivity contribution in [2.75, 3.05) is 43.1 Å². The van der Waals surface area contributed by atoms with E-state index in [0.29, 0.717) is 44.5 Å². The zero-order valence-electron chi connectivity index (χ0n) is 20.3. The first kappa shape index (κ1) is 23.9. The molecule has 0 spiro atoms. The fraction of sp³-hybridized carbons (Fsp3) is 0.400. The highest BCUT2D eigenvalue weighted by Gasteiger charge is 2.34. The molecule has 3 aromatic rings. The molecule has 0 saturated carbocycles. The summed E-state index contributed by atoms with van der Waals surface area (Å²) in [6.07, 6.45) is 2.06. The van der Waals surface area contributed by atoms with Crippen molar-refractivity contribution in [3.63, 3.8) is 0 Å². The number of anilines is 3. The minimum Gasteiger partial charge on any atom is -0.381 e. The number of aromatic nitrogens is 4. The number of amides is 1. The Morgan fingerprint density at radius 3 is 2.56 bits per heavy atom. The predicted octanol–water partition coefficient (Wildman–Crippen LogP) is 1.46. The lowest BCUT2D eigenvalue weighted by Crippen LogP contribution is -2.47. The van der Waals surface area contributed by atoms with E-state index in [-0.39, 0.29) is 11.5 Å². The van der Waals surface area contributed by atoms with Gasteiger partial charge in [0.1, 0.15) is 11.4 Å². The zero-order valence-corrected chi connectivity index (χ0v) is 20.3. The van der Waals surface area contributed by atoms with Crippen LogP contribution in [-0.4, -0.2) is 74.3 Å². The Kier molecular flexibility index (Phi) is 6.42. The quantitative estimate of drug-likeness (QED) is 0.484. The van der Waals surface area contributed by atoms with Gasteiger partial charge < -0.3 is 25.0 Å². The van der Waals surface area contributed by atoms with Crippen molar-refractivity contribution >= 4 is 23.4 Å². The van der Waals surface area contributed by atoms with Gasteiger partial charge in [-0.15, -0.1) is 0 Å². The van der Waals surface area contributed by atoms with Crippen LogP contribution in [0.25, 0.3) is 11.4 Å². The molecule has 0 unspecified atom stereocenters. The lowest BCUT2D eigenvalue weighted by molar-refractivity contribution is -0.148. The van der Waals surface area contributed by atoms with Gasteiger partial charge in [-0.2, -0.15) is 0 Å². The molecule has 2 aliphatic rings. The number of aromatic amines is 1. The summed E-state index contributed by atoms with van der Waals surface area (Å²) >= 11 is 0. The van der Waals surface area contributed by atoms with Crippen LogP contribution in [0.3, 0.4) is 0 Å².